The number of rotatable bonds is 3. The van der Waals surface area contributed by atoms with Crippen molar-refractivity contribution in [2.75, 3.05) is 0 Å². The van der Waals surface area contributed by atoms with E-state index in [-0.39, 0.29) is 11.4 Å². The zero-order valence-electron chi connectivity index (χ0n) is 9.40. The molecule has 0 amide bonds. The lowest BCUT2D eigenvalue weighted by Crippen LogP contribution is -2.14. The van der Waals surface area contributed by atoms with Gasteiger partial charge < -0.3 is 5.11 Å². The highest BCUT2D eigenvalue weighted by molar-refractivity contribution is 8.00. The Hall–Kier alpha value is -0.470. The molecule has 0 aliphatic heterocycles. The SMILES string of the molecule is CC.CC(O)C(C)Sc1ccccc1. The Bertz CT molecular complexity index is 221. The molecule has 0 fully saturated rings. The van der Waals surface area contributed by atoms with Gasteiger partial charge in [-0.2, -0.15) is 0 Å². The minimum atomic E-state index is -0.254. The normalized spacial score (nSPS) is 13.8. The summed E-state index contributed by atoms with van der Waals surface area (Å²) in [6, 6.07) is 10.1. The van der Waals surface area contributed by atoms with E-state index in [2.05, 4.69) is 12.1 Å². The molecular formula is C12H20OS. The van der Waals surface area contributed by atoms with Crippen molar-refractivity contribution in [3.8, 4) is 0 Å². The fourth-order valence-electron chi connectivity index (χ4n) is 0.812. The van der Waals surface area contributed by atoms with Crippen LogP contribution in [0.5, 0.6) is 0 Å². The molecule has 0 aliphatic carbocycles. The van der Waals surface area contributed by atoms with Crippen molar-refractivity contribution in [1.82, 2.24) is 0 Å². The van der Waals surface area contributed by atoms with Crippen LogP contribution in [0.4, 0.5) is 0 Å². The van der Waals surface area contributed by atoms with Crippen molar-refractivity contribution in [3.05, 3.63) is 30.3 Å². The minimum absolute atomic E-state index is 0.254. The summed E-state index contributed by atoms with van der Waals surface area (Å²) in [5.41, 5.74) is 0. The Morgan fingerprint density at radius 3 is 2.00 bits per heavy atom. The third-order valence-corrected chi connectivity index (χ3v) is 3.05. The number of benzene rings is 1. The van der Waals surface area contributed by atoms with Crippen LogP contribution in [-0.2, 0) is 0 Å². The monoisotopic (exact) mass is 212 g/mol. The first kappa shape index (κ1) is 13.5. The maximum atomic E-state index is 9.26. The Kier molecular flexibility index (Phi) is 7.63. The fourth-order valence-corrected chi connectivity index (χ4v) is 1.75. The van der Waals surface area contributed by atoms with E-state index in [1.54, 1.807) is 11.8 Å². The van der Waals surface area contributed by atoms with Gasteiger partial charge in [-0.25, -0.2) is 0 Å². The van der Waals surface area contributed by atoms with Gasteiger partial charge in [0.15, 0.2) is 0 Å². The Labute approximate surface area is 91.5 Å². The average Bonchev–Trinajstić information content (AvgIpc) is 2.22. The van der Waals surface area contributed by atoms with Crippen molar-refractivity contribution in [3.63, 3.8) is 0 Å². The lowest BCUT2D eigenvalue weighted by molar-refractivity contribution is 0.196. The summed E-state index contributed by atoms with van der Waals surface area (Å²) in [5, 5.41) is 9.52. The first-order chi connectivity index (χ1) is 6.70. The Balaban J connectivity index is 0.000000791. The highest BCUT2D eigenvalue weighted by Crippen LogP contribution is 2.24. The number of hydrogen-bond donors (Lipinski definition) is 1. The lowest BCUT2D eigenvalue weighted by Gasteiger charge is -2.13. The van der Waals surface area contributed by atoms with Crippen molar-refractivity contribution in [1.29, 1.82) is 0 Å². The molecule has 2 atom stereocenters. The molecule has 14 heavy (non-hydrogen) atoms. The predicted molar refractivity (Wildman–Crippen MR) is 64.8 cm³/mol. The van der Waals surface area contributed by atoms with Crippen LogP contribution in [-0.4, -0.2) is 16.5 Å². The molecule has 0 spiro atoms. The van der Waals surface area contributed by atoms with E-state index >= 15 is 0 Å². The first-order valence-corrected chi connectivity index (χ1v) is 5.98. The van der Waals surface area contributed by atoms with Gasteiger partial charge in [-0.05, 0) is 19.1 Å². The zero-order valence-corrected chi connectivity index (χ0v) is 10.2. The molecule has 1 N–H and O–H groups in total. The van der Waals surface area contributed by atoms with Crippen LogP contribution < -0.4 is 0 Å². The van der Waals surface area contributed by atoms with Gasteiger partial charge in [0.1, 0.15) is 0 Å². The summed E-state index contributed by atoms with van der Waals surface area (Å²) >= 11 is 1.70. The summed E-state index contributed by atoms with van der Waals surface area (Å²) < 4.78 is 0. The molecule has 0 radical (unpaired) electrons. The number of thioether (sulfide) groups is 1. The van der Waals surface area contributed by atoms with Gasteiger partial charge >= 0.3 is 0 Å². The van der Waals surface area contributed by atoms with Crippen LogP contribution in [0.15, 0.2) is 35.2 Å². The molecule has 0 aromatic heterocycles. The second-order valence-electron chi connectivity index (χ2n) is 2.88. The van der Waals surface area contributed by atoms with Gasteiger partial charge in [0.05, 0.1) is 6.10 Å². The molecule has 1 aromatic rings. The summed E-state index contributed by atoms with van der Waals surface area (Å²) in [6.45, 7) is 7.85. The highest BCUT2D eigenvalue weighted by atomic mass is 32.2. The molecule has 1 nitrogen and oxygen atoms in total. The van der Waals surface area contributed by atoms with E-state index in [1.165, 1.54) is 4.90 Å². The van der Waals surface area contributed by atoms with Gasteiger partial charge in [-0.3, -0.25) is 0 Å². The molecule has 2 unspecified atom stereocenters. The van der Waals surface area contributed by atoms with Crippen molar-refractivity contribution in [2.45, 2.75) is 43.9 Å². The smallest absolute Gasteiger partial charge is 0.0631 e. The largest absolute Gasteiger partial charge is 0.392 e. The van der Waals surface area contributed by atoms with E-state index in [9.17, 15) is 5.11 Å². The van der Waals surface area contributed by atoms with Gasteiger partial charge in [-0.1, -0.05) is 39.0 Å². The third-order valence-electron chi connectivity index (χ3n) is 1.74. The lowest BCUT2D eigenvalue weighted by atomic mass is 10.3. The predicted octanol–water partition coefficient (Wildman–Crippen LogP) is 3.57. The van der Waals surface area contributed by atoms with Gasteiger partial charge in [-0.15, -0.1) is 11.8 Å². The van der Waals surface area contributed by atoms with Crippen LogP contribution in [0.1, 0.15) is 27.7 Å². The second kappa shape index (κ2) is 7.89. The molecule has 0 saturated heterocycles. The van der Waals surface area contributed by atoms with Crippen LogP contribution in [0.3, 0.4) is 0 Å². The van der Waals surface area contributed by atoms with E-state index in [1.807, 2.05) is 45.9 Å². The summed E-state index contributed by atoms with van der Waals surface area (Å²) in [4.78, 5) is 1.21. The fraction of sp³-hybridized carbons (Fsp3) is 0.500. The van der Waals surface area contributed by atoms with E-state index in [0.717, 1.165) is 0 Å². The van der Waals surface area contributed by atoms with Crippen LogP contribution in [0.25, 0.3) is 0 Å². The number of aliphatic hydroxyl groups excluding tert-OH is 1. The van der Waals surface area contributed by atoms with Gasteiger partial charge in [0, 0.05) is 10.1 Å². The molecule has 0 aliphatic rings. The summed E-state index contributed by atoms with van der Waals surface area (Å²) in [7, 11) is 0. The maximum absolute atomic E-state index is 9.26. The molecule has 0 bridgehead atoms. The summed E-state index contributed by atoms with van der Waals surface area (Å²) in [5.74, 6) is 0. The van der Waals surface area contributed by atoms with E-state index in [4.69, 9.17) is 0 Å². The Morgan fingerprint density at radius 2 is 1.57 bits per heavy atom. The van der Waals surface area contributed by atoms with Crippen LogP contribution in [0, 0.1) is 0 Å². The van der Waals surface area contributed by atoms with Gasteiger partial charge in [0.25, 0.3) is 0 Å². The van der Waals surface area contributed by atoms with Crippen LogP contribution >= 0.6 is 11.8 Å². The van der Waals surface area contributed by atoms with E-state index in [0.29, 0.717) is 0 Å². The standard InChI is InChI=1S/C10H14OS.C2H6/c1-8(11)9(2)12-10-6-4-3-5-7-10;1-2/h3-9,11H,1-2H3;1-2H3. The molecule has 0 heterocycles. The zero-order chi connectivity index (χ0) is 11.0. The Morgan fingerprint density at radius 1 is 1.07 bits per heavy atom. The highest BCUT2D eigenvalue weighted by Gasteiger charge is 2.09. The van der Waals surface area contributed by atoms with Crippen molar-refractivity contribution in [2.24, 2.45) is 0 Å². The molecule has 2 heteroatoms. The molecule has 0 saturated carbocycles. The average molecular weight is 212 g/mol. The molecular weight excluding hydrogens is 192 g/mol. The third kappa shape index (κ3) is 5.30. The van der Waals surface area contributed by atoms with Crippen LogP contribution in [0.2, 0.25) is 0 Å². The first-order valence-electron chi connectivity index (χ1n) is 5.10. The molecule has 1 aromatic carbocycles. The molecule has 80 valence electrons. The quantitative estimate of drug-likeness (QED) is 0.773. The summed E-state index contributed by atoms with van der Waals surface area (Å²) in [6.07, 6.45) is -0.254. The minimum Gasteiger partial charge on any atom is -0.392 e. The second-order valence-corrected chi connectivity index (χ2v) is 4.33. The molecule has 1 rings (SSSR count). The number of hydrogen-bond acceptors (Lipinski definition) is 2. The number of aliphatic hydroxyl groups is 1. The van der Waals surface area contributed by atoms with E-state index < -0.39 is 0 Å². The maximum Gasteiger partial charge on any atom is 0.0631 e. The topological polar surface area (TPSA) is 20.2 Å². The van der Waals surface area contributed by atoms with Gasteiger partial charge in [0.2, 0.25) is 0 Å². The van der Waals surface area contributed by atoms with Crippen molar-refractivity contribution < 1.29 is 5.11 Å². The van der Waals surface area contributed by atoms with Crippen molar-refractivity contribution >= 4 is 11.8 Å².